The summed E-state index contributed by atoms with van der Waals surface area (Å²) in [5.41, 5.74) is 0. The van der Waals surface area contributed by atoms with E-state index in [-0.39, 0.29) is 0 Å². The molecule has 1 fully saturated rings. The minimum Gasteiger partial charge on any atom is -0.307 e. The van der Waals surface area contributed by atoms with Crippen LogP contribution < -0.4 is 5.32 Å². The second-order valence-electron chi connectivity index (χ2n) is 4.61. The first kappa shape index (κ1) is 12.1. The standard InChI is InChI=1S/C13H22N2S/c1-3-15-8-6-12(7-9-15)14-11(2)13-5-4-10-16-13/h4-5,10-12,14H,3,6-9H2,1-2H3/t11-/m0/s1. The molecule has 2 rings (SSSR count). The molecule has 1 aromatic rings. The molecular formula is C13H22N2S. The highest BCUT2D eigenvalue weighted by atomic mass is 32.1. The number of hydrogen-bond donors (Lipinski definition) is 1. The number of piperidine rings is 1. The molecule has 90 valence electrons. The summed E-state index contributed by atoms with van der Waals surface area (Å²) in [5.74, 6) is 0. The summed E-state index contributed by atoms with van der Waals surface area (Å²) in [6.45, 7) is 8.24. The third kappa shape index (κ3) is 3.06. The Morgan fingerprint density at radius 3 is 2.81 bits per heavy atom. The van der Waals surface area contributed by atoms with Gasteiger partial charge < -0.3 is 10.2 Å². The average Bonchev–Trinajstić information content (AvgIpc) is 2.83. The Hall–Kier alpha value is -0.380. The Bertz CT molecular complexity index is 289. The molecule has 3 heteroatoms. The van der Waals surface area contributed by atoms with Crippen molar-refractivity contribution in [3.05, 3.63) is 22.4 Å². The van der Waals surface area contributed by atoms with Crippen LogP contribution in [0.2, 0.25) is 0 Å². The smallest absolute Gasteiger partial charge is 0.0388 e. The van der Waals surface area contributed by atoms with E-state index in [0.29, 0.717) is 12.1 Å². The Labute approximate surface area is 103 Å². The van der Waals surface area contributed by atoms with Gasteiger partial charge in [0.05, 0.1) is 0 Å². The minimum absolute atomic E-state index is 0.512. The topological polar surface area (TPSA) is 15.3 Å². The van der Waals surface area contributed by atoms with Crippen LogP contribution >= 0.6 is 11.3 Å². The van der Waals surface area contributed by atoms with Crippen molar-refractivity contribution >= 4 is 11.3 Å². The molecule has 1 saturated heterocycles. The van der Waals surface area contributed by atoms with Crippen molar-refractivity contribution in [2.24, 2.45) is 0 Å². The molecule has 1 aliphatic heterocycles. The third-order valence-corrected chi connectivity index (χ3v) is 4.55. The normalized spacial score (nSPS) is 21.1. The van der Waals surface area contributed by atoms with Gasteiger partial charge in [0.2, 0.25) is 0 Å². The van der Waals surface area contributed by atoms with E-state index < -0.39 is 0 Å². The van der Waals surface area contributed by atoms with Crippen molar-refractivity contribution in [3.63, 3.8) is 0 Å². The average molecular weight is 238 g/mol. The highest BCUT2D eigenvalue weighted by Crippen LogP contribution is 2.20. The first-order valence-corrected chi connectivity index (χ1v) is 7.19. The molecule has 16 heavy (non-hydrogen) atoms. The van der Waals surface area contributed by atoms with Crippen molar-refractivity contribution in [2.75, 3.05) is 19.6 Å². The van der Waals surface area contributed by atoms with E-state index >= 15 is 0 Å². The molecular weight excluding hydrogens is 216 g/mol. The van der Waals surface area contributed by atoms with Crippen LogP contribution in [0, 0.1) is 0 Å². The lowest BCUT2D eigenvalue weighted by Crippen LogP contribution is -2.42. The van der Waals surface area contributed by atoms with E-state index in [0.717, 1.165) is 0 Å². The lowest BCUT2D eigenvalue weighted by atomic mass is 10.0. The van der Waals surface area contributed by atoms with Crippen LogP contribution in [0.5, 0.6) is 0 Å². The molecule has 0 radical (unpaired) electrons. The SMILES string of the molecule is CCN1CCC(N[C@@H](C)c2cccs2)CC1. The maximum atomic E-state index is 3.75. The highest BCUT2D eigenvalue weighted by molar-refractivity contribution is 7.10. The van der Waals surface area contributed by atoms with Crippen LogP contribution in [0.4, 0.5) is 0 Å². The Morgan fingerprint density at radius 1 is 1.50 bits per heavy atom. The lowest BCUT2D eigenvalue weighted by molar-refractivity contribution is 0.200. The molecule has 0 amide bonds. The van der Waals surface area contributed by atoms with Crippen LogP contribution in [-0.2, 0) is 0 Å². The van der Waals surface area contributed by atoms with Crippen LogP contribution in [0.15, 0.2) is 17.5 Å². The summed E-state index contributed by atoms with van der Waals surface area (Å²) in [7, 11) is 0. The Morgan fingerprint density at radius 2 is 2.25 bits per heavy atom. The number of hydrogen-bond acceptors (Lipinski definition) is 3. The molecule has 0 bridgehead atoms. The second-order valence-corrected chi connectivity index (χ2v) is 5.59. The molecule has 0 unspecified atom stereocenters. The predicted molar refractivity (Wildman–Crippen MR) is 71.0 cm³/mol. The zero-order valence-corrected chi connectivity index (χ0v) is 11.1. The van der Waals surface area contributed by atoms with Gasteiger partial charge in [-0.3, -0.25) is 0 Å². The maximum Gasteiger partial charge on any atom is 0.0388 e. The van der Waals surface area contributed by atoms with Crippen molar-refractivity contribution in [3.8, 4) is 0 Å². The molecule has 1 N–H and O–H groups in total. The molecule has 0 spiro atoms. The van der Waals surface area contributed by atoms with Gasteiger partial charge in [0.1, 0.15) is 0 Å². The third-order valence-electron chi connectivity index (χ3n) is 3.49. The molecule has 1 aliphatic rings. The van der Waals surface area contributed by atoms with Crippen LogP contribution in [0.1, 0.15) is 37.6 Å². The van der Waals surface area contributed by atoms with E-state index in [1.165, 1.54) is 37.4 Å². The summed E-state index contributed by atoms with van der Waals surface area (Å²) in [4.78, 5) is 3.99. The van der Waals surface area contributed by atoms with Gasteiger partial charge in [-0.1, -0.05) is 13.0 Å². The van der Waals surface area contributed by atoms with E-state index in [4.69, 9.17) is 0 Å². The molecule has 1 atom stereocenters. The number of likely N-dealkylation sites (tertiary alicyclic amines) is 1. The van der Waals surface area contributed by atoms with E-state index in [1.54, 1.807) is 0 Å². The van der Waals surface area contributed by atoms with E-state index in [9.17, 15) is 0 Å². The lowest BCUT2D eigenvalue weighted by Gasteiger charge is -2.33. The summed E-state index contributed by atoms with van der Waals surface area (Å²) in [6.07, 6.45) is 2.59. The fourth-order valence-electron chi connectivity index (χ4n) is 2.39. The molecule has 1 aromatic heterocycles. The summed E-state index contributed by atoms with van der Waals surface area (Å²) < 4.78 is 0. The zero-order valence-electron chi connectivity index (χ0n) is 10.3. The van der Waals surface area contributed by atoms with Gasteiger partial charge in [-0.15, -0.1) is 11.3 Å². The maximum absolute atomic E-state index is 3.75. The van der Waals surface area contributed by atoms with Gasteiger partial charge in [-0.25, -0.2) is 0 Å². The van der Waals surface area contributed by atoms with Crippen LogP contribution in [0.25, 0.3) is 0 Å². The van der Waals surface area contributed by atoms with Gasteiger partial charge in [0, 0.05) is 17.0 Å². The minimum atomic E-state index is 0.512. The van der Waals surface area contributed by atoms with Crippen molar-refractivity contribution in [1.29, 1.82) is 0 Å². The Balaban J connectivity index is 1.78. The van der Waals surface area contributed by atoms with E-state index in [1.807, 2.05) is 11.3 Å². The predicted octanol–water partition coefficient (Wildman–Crippen LogP) is 2.88. The largest absolute Gasteiger partial charge is 0.307 e. The van der Waals surface area contributed by atoms with Crippen LogP contribution in [0.3, 0.4) is 0 Å². The molecule has 2 heterocycles. The number of rotatable bonds is 4. The van der Waals surface area contributed by atoms with Crippen molar-refractivity contribution in [1.82, 2.24) is 10.2 Å². The summed E-state index contributed by atoms with van der Waals surface area (Å²) in [6, 6.07) is 5.58. The summed E-state index contributed by atoms with van der Waals surface area (Å²) in [5, 5.41) is 5.91. The van der Waals surface area contributed by atoms with Gasteiger partial charge in [0.25, 0.3) is 0 Å². The molecule has 0 aliphatic carbocycles. The van der Waals surface area contributed by atoms with Gasteiger partial charge >= 0.3 is 0 Å². The number of nitrogens with zero attached hydrogens (tertiary/aromatic N) is 1. The Kier molecular flexibility index (Phi) is 4.38. The van der Waals surface area contributed by atoms with Gasteiger partial charge in [-0.05, 0) is 50.8 Å². The molecule has 2 nitrogen and oxygen atoms in total. The van der Waals surface area contributed by atoms with Crippen LogP contribution in [-0.4, -0.2) is 30.6 Å². The quantitative estimate of drug-likeness (QED) is 0.867. The van der Waals surface area contributed by atoms with Gasteiger partial charge in [-0.2, -0.15) is 0 Å². The summed E-state index contributed by atoms with van der Waals surface area (Å²) >= 11 is 1.85. The fourth-order valence-corrected chi connectivity index (χ4v) is 3.13. The highest BCUT2D eigenvalue weighted by Gasteiger charge is 2.19. The number of thiophene rings is 1. The van der Waals surface area contributed by atoms with Crippen molar-refractivity contribution < 1.29 is 0 Å². The molecule has 0 aromatic carbocycles. The van der Waals surface area contributed by atoms with Gasteiger partial charge in [0.15, 0.2) is 0 Å². The fraction of sp³-hybridized carbons (Fsp3) is 0.692. The van der Waals surface area contributed by atoms with E-state index in [2.05, 4.69) is 41.6 Å². The first-order valence-electron chi connectivity index (χ1n) is 6.31. The monoisotopic (exact) mass is 238 g/mol. The first-order chi connectivity index (χ1) is 7.79. The van der Waals surface area contributed by atoms with Crippen molar-refractivity contribution in [2.45, 2.75) is 38.8 Å². The zero-order chi connectivity index (χ0) is 11.4. The number of nitrogens with one attached hydrogen (secondary N) is 1. The molecule has 0 saturated carbocycles. The second kappa shape index (κ2) is 5.80.